The summed E-state index contributed by atoms with van der Waals surface area (Å²) in [4.78, 5) is 27.8. The van der Waals surface area contributed by atoms with Gasteiger partial charge in [0.2, 0.25) is 0 Å². The highest BCUT2D eigenvalue weighted by Gasteiger charge is 2.19. The van der Waals surface area contributed by atoms with Crippen molar-refractivity contribution in [1.29, 1.82) is 0 Å². The molecule has 0 aliphatic rings. The zero-order chi connectivity index (χ0) is 13.9. The third-order valence-electron chi connectivity index (χ3n) is 2.71. The molecule has 0 fully saturated rings. The molecule has 0 radical (unpaired) electrons. The molecule has 0 aromatic carbocycles. The topological polar surface area (TPSA) is 83.8 Å². The van der Waals surface area contributed by atoms with E-state index in [-0.39, 0.29) is 6.42 Å². The minimum Gasteiger partial charge on any atom is -0.371 e. The van der Waals surface area contributed by atoms with E-state index in [0.29, 0.717) is 6.42 Å². The molecule has 0 aromatic rings. The molecule has 0 aliphatic heterocycles. The summed E-state index contributed by atoms with van der Waals surface area (Å²) in [6.45, 7) is 2.19. The van der Waals surface area contributed by atoms with Gasteiger partial charge < -0.3 is 4.52 Å². The van der Waals surface area contributed by atoms with Gasteiger partial charge in [-0.1, -0.05) is 58.3 Å². The molecule has 0 saturated heterocycles. The Morgan fingerprint density at radius 2 is 1.39 bits per heavy atom. The Morgan fingerprint density at radius 3 is 1.83 bits per heavy atom. The largest absolute Gasteiger partial charge is 0.526 e. The Balaban J connectivity index is 3.25. The van der Waals surface area contributed by atoms with Gasteiger partial charge >= 0.3 is 13.8 Å². The molecule has 0 amide bonds. The average molecular weight is 280 g/mol. The minimum absolute atomic E-state index is 0.0843. The lowest BCUT2D eigenvalue weighted by atomic mass is 10.1. The Morgan fingerprint density at radius 1 is 0.944 bits per heavy atom. The van der Waals surface area contributed by atoms with Gasteiger partial charge in [0.05, 0.1) is 0 Å². The molecule has 0 spiro atoms. The van der Waals surface area contributed by atoms with E-state index in [1.165, 1.54) is 32.1 Å². The van der Waals surface area contributed by atoms with Gasteiger partial charge in [-0.2, -0.15) is 0 Å². The van der Waals surface area contributed by atoms with Crippen LogP contribution in [-0.4, -0.2) is 15.8 Å². The molecule has 0 aromatic heterocycles. The molecule has 5 nitrogen and oxygen atoms in total. The van der Waals surface area contributed by atoms with Crippen LogP contribution in [0.25, 0.3) is 0 Å². The number of carbonyl (C=O) groups excluding carboxylic acids is 1. The van der Waals surface area contributed by atoms with Gasteiger partial charge in [-0.3, -0.25) is 14.6 Å². The number of phosphoric ester groups is 1. The van der Waals surface area contributed by atoms with Gasteiger partial charge in [-0.15, -0.1) is 0 Å². The molecule has 18 heavy (non-hydrogen) atoms. The summed E-state index contributed by atoms with van der Waals surface area (Å²) < 4.78 is 14.3. The van der Waals surface area contributed by atoms with Crippen molar-refractivity contribution in [2.24, 2.45) is 0 Å². The van der Waals surface area contributed by atoms with E-state index in [1.54, 1.807) is 0 Å². The smallest absolute Gasteiger partial charge is 0.371 e. The van der Waals surface area contributed by atoms with Crippen LogP contribution >= 0.6 is 7.82 Å². The first kappa shape index (κ1) is 17.6. The maximum absolute atomic E-state index is 11.0. The quantitative estimate of drug-likeness (QED) is 0.446. The van der Waals surface area contributed by atoms with Crippen molar-refractivity contribution in [2.45, 2.75) is 71.1 Å². The maximum Gasteiger partial charge on any atom is 0.526 e. The van der Waals surface area contributed by atoms with Crippen LogP contribution in [-0.2, 0) is 13.9 Å². The first-order valence-corrected chi connectivity index (χ1v) is 8.26. The molecule has 0 atom stereocenters. The standard InChI is InChI=1S/C12H25O5P/c1-2-3-4-5-6-7-8-9-10-11-12(13)17-18(14,15)16/h2-11H2,1H3,(H2,14,15,16). The molecule has 0 saturated carbocycles. The van der Waals surface area contributed by atoms with Crippen LogP contribution in [0.5, 0.6) is 0 Å². The highest BCUT2D eigenvalue weighted by molar-refractivity contribution is 7.46. The molecule has 0 heterocycles. The zero-order valence-electron chi connectivity index (χ0n) is 11.1. The third kappa shape index (κ3) is 13.7. The van der Waals surface area contributed by atoms with Crippen molar-refractivity contribution in [2.75, 3.05) is 0 Å². The second-order valence-electron chi connectivity index (χ2n) is 4.53. The van der Waals surface area contributed by atoms with E-state index in [2.05, 4.69) is 11.4 Å². The van der Waals surface area contributed by atoms with Crippen molar-refractivity contribution >= 4 is 13.8 Å². The monoisotopic (exact) mass is 280 g/mol. The Kier molecular flexibility index (Phi) is 10.3. The zero-order valence-corrected chi connectivity index (χ0v) is 12.0. The summed E-state index contributed by atoms with van der Waals surface area (Å²) in [5.41, 5.74) is 0. The van der Waals surface area contributed by atoms with Crippen LogP contribution in [0.4, 0.5) is 0 Å². The number of carbonyl (C=O) groups is 1. The second kappa shape index (κ2) is 10.5. The highest BCUT2D eigenvalue weighted by atomic mass is 31.2. The first-order valence-electron chi connectivity index (χ1n) is 6.73. The van der Waals surface area contributed by atoms with Gasteiger partial charge in [0, 0.05) is 6.42 Å². The lowest BCUT2D eigenvalue weighted by Crippen LogP contribution is -2.01. The fraction of sp³-hybridized carbons (Fsp3) is 0.917. The number of hydrogen-bond donors (Lipinski definition) is 2. The third-order valence-corrected chi connectivity index (χ3v) is 3.15. The number of unbranched alkanes of at least 4 members (excludes halogenated alkanes) is 8. The maximum atomic E-state index is 11.0. The summed E-state index contributed by atoms with van der Waals surface area (Å²) in [6, 6.07) is 0. The second-order valence-corrected chi connectivity index (χ2v) is 5.70. The molecule has 0 aliphatic carbocycles. The van der Waals surface area contributed by atoms with E-state index in [9.17, 15) is 9.36 Å². The van der Waals surface area contributed by atoms with Gasteiger partial charge in [0.15, 0.2) is 0 Å². The van der Waals surface area contributed by atoms with E-state index >= 15 is 0 Å². The molecular weight excluding hydrogens is 255 g/mol. The number of hydrogen-bond acceptors (Lipinski definition) is 3. The van der Waals surface area contributed by atoms with Crippen molar-refractivity contribution in [3.05, 3.63) is 0 Å². The summed E-state index contributed by atoms with van der Waals surface area (Å²) in [6.07, 6.45) is 10.2. The van der Waals surface area contributed by atoms with Gasteiger partial charge in [-0.25, -0.2) is 4.57 Å². The van der Waals surface area contributed by atoms with E-state index < -0.39 is 13.8 Å². The van der Waals surface area contributed by atoms with Gasteiger partial charge in [0.1, 0.15) is 0 Å². The first-order chi connectivity index (χ1) is 8.45. The summed E-state index contributed by atoms with van der Waals surface area (Å²) >= 11 is 0. The SMILES string of the molecule is CCCCCCCCCCCC(=O)OP(=O)(O)O. The molecule has 108 valence electrons. The lowest BCUT2D eigenvalue weighted by Gasteiger charge is -2.05. The number of phosphoric acid groups is 1. The van der Waals surface area contributed by atoms with Crippen molar-refractivity contribution < 1.29 is 23.7 Å². The van der Waals surface area contributed by atoms with Crippen LogP contribution in [0.15, 0.2) is 0 Å². The molecule has 6 heteroatoms. The van der Waals surface area contributed by atoms with Crippen molar-refractivity contribution in [3.63, 3.8) is 0 Å². The van der Waals surface area contributed by atoms with Crippen molar-refractivity contribution in [1.82, 2.24) is 0 Å². The average Bonchev–Trinajstić information content (AvgIpc) is 2.24. The molecular formula is C12H25O5P. The Hall–Kier alpha value is -0.380. The minimum atomic E-state index is -4.65. The number of rotatable bonds is 11. The normalized spacial score (nSPS) is 11.5. The molecule has 2 N–H and O–H groups in total. The predicted molar refractivity (Wildman–Crippen MR) is 70.0 cm³/mol. The summed E-state index contributed by atoms with van der Waals surface area (Å²) in [7, 11) is -4.65. The van der Waals surface area contributed by atoms with Gasteiger partial charge in [-0.05, 0) is 6.42 Å². The fourth-order valence-electron chi connectivity index (χ4n) is 1.76. The van der Waals surface area contributed by atoms with Crippen LogP contribution < -0.4 is 0 Å². The van der Waals surface area contributed by atoms with E-state index in [4.69, 9.17) is 9.79 Å². The van der Waals surface area contributed by atoms with Crippen molar-refractivity contribution in [3.8, 4) is 0 Å². The van der Waals surface area contributed by atoms with E-state index in [0.717, 1.165) is 19.3 Å². The van der Waals surface area contributed by atoms with Crippen LogP contribution in [0.3, 0.4) is 0 Å². The highest BCUT2D eigenvalue weighted by Crippen LogP contribution is 2.36. The lowest BCUT2D eigenvalue weighted by molar-refractivity contribution is -0.135. The predicted octanol–water partition coefficient (Wildman–Crippen LogP) is 3.54. The van der Waals surface area contributed by atoms with Crippen LogP contribution in [0, 0.1) is 0 Å². The fourth-order valence-corrected chi connectivity index (χ4v) is 2.11. The molecule has 0 unspecified atom stereocenters. The Bertz CT molecular complexity index is 261. The van der Waals surface area contributed by atoms with Crippen LogP contribution in [0.1, 0.15) is 71.1 Å². The summed E-state index contributed by atoms with van der Waals surface area (Å²) in [5, 5.41) is 0. The van der Waals surface area contributed by atoms with Crippen LogP contribution in [0.2, 0.25) is 0 Å². The van der Waals surface area contributed by atoms with E-state index in [1.807, 2.05) is 0 Å². The Labute approximate surface area is 109 Å². The summed E-state index contributed by atoms with van der Waals surface area (Å²) in [5.74, 6) is -0.814. The molecule has 0 bridgehead atoms. The molecule has 0 rings (SSSR count). The van der Waals surface area contributed by atoms with Gasteiger partial charge in [0.25, 0.3) is 0 Å².